The van der Waals surface area contributed by atoms with Gasteiger partial charge in [0.25, 0.3) is 0 Å². The summed E-state index contributed by atoms with van der Waals surface area (Å²) in [5.41, 5.74) is 0. The molecule has 0 radical (unpaired) electrons. The van der Waals surface area contributed by atoms with Gasteiger partial charge in [0, 0.05) is 17.1 Å². The second-order valence-electron chi connectivity index (χ2n) is 4.71. The fraction of sp³-hybridized carbons (Fsp3) is 0.909. The van der Waals surface area contributed by atoms with Gasteiger partial charge in [-0.3, -0.25) is 4.79 Å². The number of ketones is 1. The molecule has 1 aliphatic rings. The van der Waals surface area contributed by atoms with Gasteiger partial charge >= 0.3 is 0 Å². The lowest BCUT2D eigenvalue weighted by atomic mass is 9.76. The van der Waals surface area contributed by atoms with Gasteiger partial charge in [0.15, 0.2) is 0 Å². The molecule has 0 aliphatic heterocycles. The summed E-state index contributed by atoms with van der Waals surface area (Å²) in [6, 6.07) is 0. The molecule has 1 nitrogen and oxygen atoms in total. The summed E-state index contributed by atoms with van der Waals surface area (Å²) in [7, 11) is 0. The Morgan fingerprint density at radius 3 is 2.46 bits per heavy atom. The van der Waals surface area contributed by atoms with Crippen molar-refractivity contribution < 1.29 is 4.79 Å². The monoisotopic (exact) mass is 200 g/mol. The third kappa shape index (κ3) is 2.49. The summed E-state index contributed by atoms with van der Waals surface area (Å²) < 4.78 is 0.136. The first-order chi connectivity index (χ1) is 5.97. The zero-order chi connectivity index (χ0) is 10.1. The first kappa shape index (κ1) is 11.1. The summed E-state index contributed by atoms with van der Waals surface area (Å²) in [4.78, 5) is 11.8. The third-order valence-corrected chi connectivity index (χ3v) is 4.59. The van der Waals surface area contributed by atoms with Crippen LogP contribution in [-0.2, 0) is 4.79 Å². The third-order valence-electron chi connectivity index (χ3n) is 3.25. The van der Waals surface area contributed by atoms with Crippen LogP contribution in [0.4, 0.5) is 0 Å². The highest BCUT2D eigenvalue weighted by Crippen LogP contribution is 2.39. The van der Waals surface area contributed by atoms with Crippen LogP contribution in [0.2, 0.25) is 0 Å². The summed E-state index contributed by atoms with van der Waals surface area (Å²) in [5, 5.41) is 0. The molecule has 0 saturated heterocycles. The molecule has 1 saturated carbocycles. The fourth-order valence-corrected chi connectivity index (χ4v) is 2.61. The molecule has 0 amide bonds. The van der Waals surface area contributed by atoms with E-state index in [-0.39, 0.29) is 4.75 Å². The van der Waals surface area contributed by atoms with E-state index in [0.29, 0.717) is 17.6 Å². The smallest absolute Gasteiger partial charge is 0.137 e. The molecule has 2 heteroatoms. The average Bonchev–Trinajstić information content (AvgIpc) is 2.03. The Balaban J connectivity index is 2.66. The number of hydrogen-bond acceptors (Lipinski definition) is 2. The molecule has 0 aromatic carbocycles. The Morgan fingerprint density at radius 2 is 2.00 bits per heavy atom. The minimum Gasteiger partial charge on any atom is -0.299 e. The van der Waals surface area contributed by atoms with E-state index in [0.717, 1.165) is 12.8 Å². The molecular weight excluding hydrogens is 180 g/mol. The Hall–Kier alpha value is 0.0200. The molecule has 0 heterocycles. The molecule has 76 valence electrons. The van der Waals surface area contributed by atoms with Crippen LogP contribution in [0.25, 0.3) is 0 Å². The molecule has 0 aromatic rings. The first-order valence-electron chi connectivity index (χ1n) is 5.05. The lowest BCUT2D eigenvalue weighted by Gasteiger charge is -2.36. The number of carbonyl (C=O) groups excluding carboxylic acids is 1. The van der Waals surface area contributed by atoms with E-state index in [1.165, 1.54) is 6.42 Å². The molecule has 1 aliphatic carbocycles. The van der Waals surface area contributed by atoms with Crippen LogP contribution in [0.3, 0.4) is 0 Å². The largest absolute Gasteiger partial charge is 0.299 e. The van der Waals surface area contributed by atoms with Gasteiger partial charge in [-0.1, -0.05) is 20.8 Å². The van der Waals surface area contributed by atoms with Crippen LogP contribution < -0.4 is 0 Å². The van der Waals surface area contributed by atoms with E-state index in [2.05, 4.69) is 27.0 Å². The lowest BCUT2D eigenvalue weighted by Crippen LogP contribution is -2.37. The second kappa shape index (κ2) is 4.04. The maximum absolute atomic E-state index is 11.8. The molecule has 0 N–H and O–H groups in total. The predicted molar refractivity (Wildman–Crippen MR) is 59.1 cm³/mol. The normalized spacial score (nSPS) is 30.6. The van der Waals surface area contributed by atoms with Gasteiger partial charge < -0.3 is 0 Å². The second-order valence-corrected chi connectivity index (χ2v) is 6.17. The Labute approximate surface area is 85.7 Å². The van der Waals surface area contributed by atoms with Gasteiger partial charge in [0.1, 0.15) is 5.78 Å². The maximum Gasteiger partial charge on any atom is 0.137 e. The predicted octanol–water partition coefficient (Wildman–Crippen LogP) is 3.13. The maximum atomic E-state index is 11.8. The highest BCUT2D eigenvalue weighted by molar-refractivity contribution is 8.00. The van der Waals surface area contributed by atoms with Crippen molar-refractivity contribution in [1.29, 1.82) is 0 Å². The van der Waals surface area contributed by atoms with Crippen molar-refractivity contribution in [2.75, 3.05) is 6.26 Å². The van der Waals surface area contributed by atoms with E-state index in [9.17, 15) is 4.79 Å². The minimum atomic E-state index is 0.136. The average molecular weight is 200 g/mol. The zero-order valence-corrected chi connectivity index (χ0v) is 9.91. The molecule has 2 atom stereocenters. The molecule has 1 fully saturated rings. The molecular formula is C11H20OS. The highest BCUT2D eigenvalue weighted by Gasteiger charge is 2.37. The number of hydrogen-bond donors (Lipinski definition) is 0. The summed E-state index contributed by atoms with van der Waals surface area (Å²) in [6.07, 6.45) is 5.22. The molecule has 13 heavy (non-hydrogen) atoms. The number of Topliss-reactive ketones (excluding diaryl/α,β-unsaturated/α-hetero) is 1. The van der Waals surface area contributed by atoms with Crippen LogP contribution in [0, 0.1) is 11.8 Å². The summed E-state index contributed by atoms with van der Waals surface area (Å²) in [5.74, 6) is 1.39. The Morgan fingerprint density at radius 1 is 1.38 bits per heavy atom. The standard InChI is InChI=1S/C11H20OS/c1-8-5-6-9(10(12)7-8)11(2,3)13-4/h8-9H,5-7H2,1-4H3/t8-,9+/m1/s1. The molecule has 0 unspecified atom stereocenters. The van der Waals surface area contributed by atoms with Crippen molar-refractivity contribution in [1.82, 2.24) is 0 Å². The zero-order valence-electron chi connectivity index (χ0n) is 9.09. The number of thioether (sulfide) groups is 1. The lowest BCUT2D eigenvalue weighted by molar-refractivity contribution is -0.126. The van der Waals surface area contributed by atoms with Crippen LogP contribution in [-0.4, -0.2) is 16.8 Å². The summed E-state index contributed by atoms with van der Waals surface area (Å²) >= 11 is 1.82. The first-order valence-corrected chi connectivity index (χ1v) is 6.27. The van der Waals surface area contributed by atoms with Gasteiger partial charge in [0.2, 0.25) is 0 Å². The van der Waals surface area contributed by atoms with Crippen molar-refractivity contribution in [2.24, 2.45) is 11.8 Å². The topological polar surface area (TPSA) is 17.1 Å². The van der Waals surface area contributed by atoms with Crippen molar-refractivity contribution in [2.45, 2.75) is 44.8 Å². The summed E-state index contributed by atoms with van der Waals surface area (Å²) in [6.45, 7) is 6.56. The van der Waals surface area contributed by atoms with Gasteiger partial charge in [-0.25, -0.2) is 0 Å². The number of rotatable bonds is 2. The molecule has 0 aromatic heterocycles. The quantitative estimate of drug-likeness (QED) is 0.681. The van der Waals surface area contributed by atoms with Gasteiger partial charge in [-0.2, -0.15) is 11.8 Å². The van der Waals surface area contributed by atoms with Crippen molar-refractivity contribution in [3.05, 3.63) is 0 Å². The van der Waals surface area contributed by atoms with E-state index in [4.69, 9.17) is 0 Å². The molecule has 0 spiro atoms. The molecule has 0 bridgehead atoms. The van der Waals surface area contributed by atoms with Crippen molar-refractivity contribution in [3.8, 4) is 0 Å². The van der Waals surface area contributed by atoms with Crippen LogP contribution in [0.5, 0.6) is 0 Å². The van der Waals surface area contributed by atoms with Crippen molar-refractivity contribution >= 4 is 17.5 Å². The Bertz CT molecular complexity index is 198. The van der Waals surface area contributed by atoms with E-state index in [1.54, 1.807) is 0 Å². The van der Waals surface area contributed by atoms with Gasteiger partial charge in [0.05, 0.1) is 0 Å². The SMILES string of the molecule is CSC(C)(C)[C@H]1CC[C@@H](C)CC1=O. The number of carbonyl (C=O) groups is 1. The van der Waals surface area contributed by atoms with Gasteiger partial charge in [-0.15, -0.1) is 0 Å². The Kier molecular flexibility index (Phi) is 3.44. The van der Waals surface area contributed by atoms with E-state index < -0.39 is 0 Å². The van der Waals surface area contributed by atoms with Crippen LogP contribution in [0.1, 0.15) is 40.0 Å². The van der Waals surface area contributed by atoms with Crippen LogP contribution >= 0.6 is 11.8 Å². The minimum absolute atomic E-state index is 0.136. The van der Waals surface area contributed by atoms with E-state index in [1.807, 2.05) is 11.8 Å². The van der Waals surface area contributed by atoms with Gasteiger partial charge in [-0.05, 0) is 25.0 Å². The molecule has 1 rings (SSSR count). The van der Waals surface area contributed by atoms with Crippen molar-refractivity contribution in [3.63, 3.8) is 0 Å². The van der Waals surface area contributed by atoms with E-state index >= 15 is 0 Å². The highest BCUT2D eigenvalue weighted by atomic mass is 32.2. The fourth-order valence-electron chi connectivity index (χ4n) is 2.08. The van der Waals surface area contributed by atoms with Crippen LogP contribution in [0.15, 0.2) is 0 Å².